The molecule has 2 atom stereocenters. The maximum Gasteiger partial charge on any atom is 0.0265 e. The maximum atomic E-state index is 4.29. The van der Waals surface area contributed by atoms with Crippen LogP contribution in [-0.2, 0) is 0 Å². The van der Waals surface area contributed by atoms with Gasteiger partial charge in [-0.3, -0.25) is 0 Å². The number of hydrogen-bond acceptors (Lipinski definition) is 1. The van der Waals surface area contributed by atoms with Crippen molar-refractivity contribution >= 4 is 0 Å². The van der Waals surface area contributed by atoms with Crippen molar-refractivity contribution in [3.63, 3.8) is 0 Å². The maximum absolute atomic E-state index is 4.29. The van der Waals surface area contributed by atoms with Gasteiger partial charge >= 0.3 is 0 Å². The highest BCUT2D eigenvalue weighted by Crippen LogP contribution is 2.49. The minimum Gasteiger partial charge on any atom is -0.303 e. The van der Waals surface area contributed by atoms with Gasteiger partial charge in [-0.25, -0.2) is 0 Å². The van der Waals surface area contributed by atoms with E-state index in [-0.39, 0.29) is 11.0 Å². The van der Waals surface area contributed by atoms with Crippen LogP contribution in [0.1, 0.15) is 60.3 Å². The van der Waals surface area contributed by atoms with Gasteiger partial charge in [0.2, 0.25) is 0 Å². The fourth-order valence-corrected chi connectivity index (χ4v) is 3.31. The summed E-state index contributed by atoms with van der Waals surface area (Å²) in [5.74, 6) is 0. The molecule has 0 spiro atoms. The van der Waals surface area contributed by atoms with Gasteiger partial charge in [0.25, 0.3) is 0 Å². The van der Waals surface area contributed by atoms with Gasteiger partial charge in [-0.15, -0.1) is 0 Å². The Morgan fingerprint density at radius 2 is 1.62 bits per heavy atom. The van der Waals surface area contributed by atoms with Crippen molar-refractivity contribution in [1.82, 2.24) is 4.90 Å². The van der Waals surface area contributed by atoms with Crippen molar-refractivity contribution in [3.8, 4) is 0 Å². The van der Waals surface area contributed by atoms with E-state index in [1.807, 2.05) is 0 Å². The Morgan fingerprint density at radius 1 is 1.12 bits per heavy atom. The van der Waals surface area contributed by atoms with Crippen molar-refractivity contribution in [2.45, 2.75) is 65.8 Å². The molecule has 1 nitrogen and oxygen atoms in total. The van der Waals surface area contributed by atoms with E-state index in [0.29, 0.717) is 0 Å². The smallest absolute Gasteiger partial charge is 0.0265 e. The van der Waals surface area contributed by atoms with E-state index in [1.165, 1.54) is 31.3 Å². The average Bonchev–Trinajstić information content (AvgIpc) is 2.23. The SMILES string of the molecule is C=C(C)C(CC)(CCC)C(C)(CC)N(C)C. The summed E-state index contributed by atoms with van der Waals surface area (Å²) >= 11 is 0. The molecule has 0 bridgehead atoms. The molecule has 0 aromatic heterocycles. The minimum atomic E-state index is 0.212. The molecule has 0 N–H and O–H groups in total. The molecule has 2 unspecified atom stereocenters. The first-order valence-electron chi connectivity index (χ1n) is 6.65. The zero-order valence-electron chi connectivity index (χ0n) is 12.5. The van der Waals surface area contributed by atoms with Crippen LogP contribution >= 0.6 is 0 Å². The van der Waals surface area contributed by atoms with Crippen LogP contribution in [0.5, 0.6) is 0 Å². The lowest BCUT2D eigenvalue weighted by molar-refractivity contribution is 0.0197. The monoisotopic (exact) mass is 225 g/mol. The molecule has 96 valence electrons. The van der Waals surface area contributed by atoms with E-state index in [1.54, 1.807) is 0 Å². The molecule has 0 rings (SSSR count). The lowest BCUT2D eigenvalue weighted by Gasteiger charge is -2.53. The standard InChI is InChI=1S/C15H31N/c1-9-12-15(11-3,13(4)5)14(6,10-2)16(7)8/h4,9-12H2,1-3,5-8H3. The largest absolute Gasteiger partial charge is 0.303 e. The second-order valence-corrected chi connectivity index (χ2v) is 5.49. The highest BCUT2D eigenvalue weighted by Gasteiger charge is 2.46. The van der Waals surface area contributed by atoms with Gasteiger partial charge < -0.3 is 4.90 Å². The Bertz CT molecular complexity index is 232. The van der Waals surface area contributed by atoms with Crippen molar-refractivity contribution < 1.29 is 0 Å². The Labute approximate surface area is 103 Å². The molecule has 0 heterocycles. The van der Waals surface area contributed by atoms with Gasteiger partial charge in [0.05, 0.1) is 0 Å². The first-order valence-corrected chi connectivity index (χ1v) is 6.65. The van der Waals surface area contributed by atoms with Crippen molar-refractivity contribution in [2.75, 3.05) is 14.1 Å². The van der Waals surface area contributed by atoms with E-state index in [4.69, 9.17) is 0 Å². The summed E-state index contributed by atoms with van der Waals surface area (Å²) in [7, 11) is 4.40. The summed E-state index contributed by atoms with van der Waals surface area (Å²) in [5, 5.41) is 0. The first-order chi connectivity index (χ1) is 7.32. The molecule has 0 radical (unpaired) electrons. The molecule has 0 amide bonds. The van der Waals surface area contributed by atoms with Gasteiger partial charge in [0.15, 0.2) is 0 Å². The molecule has 0 aliphatic rings. The second-order valence-electron chi connectivity index (χ2n) is 5.49. The summed E-state index contributed by atoms with van der Waals surface area (Å²) < 4.78 is 0. The summed E-state index contributed by atoms with van der Waals surface area (Å²) in [6, 6.07) is 0. The molecule has 0 aliphatic heterocycles. The molecule has 0 saturated heterocycles. The van der Waals surface area contributed by atoms with Gasteiger partial charge in [-0.05, 0) is 47.2 Å². The normalized spacial score (nSPS) is 19.2. The van der Waals surface area contributed by atoms with E-state index < -0.39 is 0 Å². The fraction of sp³-hybridized carbons (Fsp3) is 0.867. The zero-order chi connectivity index (χ0) is 13.0. The van der Waals surface area contributed by atoms with Crippen molar-refractivity contribution in [3.05, 3.63) is 12.2 Å². The van der Waals surface area contributed by atoms with Gasteiger partial charge in [-0.1, -0.05) is 39.3 Å². The topological polar surface area (TPSA) is 3.24 Å². The highest BCUT2D eigenvalue weighted by atomic mass is 15.2. The average molecular weight is 225 g/mol. The quantitative estimate of drug-likeness (QED) is 0.577. The minimum absolute atomic E-state index is 0.212. The van der Waals surface area contributed by atoms with Crippen LogP contribution in [0, 0.1) is 5.41 Å². The summed E-state index contributed by atoms with van der Waals surface area (Å²) in [5.41, 5.74) is 1.80. The number of rotatable bonds is 7. The van der Waals surface area contributed by atoms with Crippen LogP contribution in [0.4, 0.5) is 0 Å². The second kappa shape index (κ2) is 5.86. The van der Waals surface area contributed by atoms with Crippen LogP contribution in [-0.4, -0.2) is 24.5 Å². The third kappa shape index (κ3) is 2.34. The molecule has 0 aliphatic carbocycles. The molecular formula is C15H31N. The van der Waals surface area contributed by atoms with Gasteiger partial charge in [0, 0.05) is 11.0 Å². The zero-order valence-corrected chi connectivity index (χ0v) is 12.5. The van der Waals surface area contributed by atoms with Gasteiger partial charge in [0.1, 0.15) is 0 Å². The summed E-state index contributed by atoms with van der Waals surface area (Å²) in [4.78, 5) is 2.39. The van der Waals surface area contributed by atoms with E-state index in [2.05, 4.69) is 60.2 Å². The Morgan fingerprint density at radius 3 is 1.81 bits per heavy atom. The molecule has 0 saturated carbocycles. The van der Waals surface area contributed by atoms with Crippen LogP contribution in [0.2, 0.25) is 0 Å². The highest BCUT2D eigenvalue weighted by molar-refractivity contribution is 5.17. The van der Waals surface area contributed by atoms with Crippen LogP contribution in [0.25, 0.3) is 0 Å². The molecule has 16 heavy (non-hydrogen) atoms. The predicted octanol–water partition coefficient (Wildman–Crippen LogP) is 4.49. The molecular weight excluding hydrogens is 194 g/mol. The van der Waals surface area contributed by atoms with E-state index in [0.717, 1.165) is 0 Å². The van der Waals surface area contributed by atoms with Gasteiger partial charge in [-0.2, -0.15) is 0 Å². The lowest BCUT2D eigenvalue weighted by Crippen LogP contribution is -2.55. The molecule has 0 aromatic carbocycles. The fourth-order valence-electron chi connectivity index (χ4n) is 3.31. The Hall–Kier alpha value is -0.300. The molecule has 0 aromatic rings. The van der Waals surface area contributed by atoms with Crippen LogP contribution in [0.3, 0.4) is 0 Å². The molecule has 0 fully saturated rings. The first kappa shape index (κ1) is 15.7. The van der Waals surface area contributed by atoms with E-state index >= 15 is 0 Å². The van der Waals surface area contributed by atoms with Crippen LogP contribution < -0.4 is 0 Å². The molecule has 1 heteroatoms. The van der Waals surface area contributed by atoms with Crippen LogP contribution in [0.15, 0.2) is 12.2 Å². The summed E-state index contributed by atoms with van der Waals surface area (Å²) in [6.45, 7) is 15.8. The lowest BCUT2D eigenvalue weighted by atomic mass is 9.60. The summed E-state index contributed by atoms with van der Waals surface area (Å²) in [6.07, 6.45) is 4.81. The third-order valence-corrected chi connectivity index (χ3v) is 4.80. The Balaban J connectivity index is 5.52. The third-order valence-electron chi connectivity index (χ3n) is 4.80. The predicted molar refractivity (Wildman–Crippen MR) is 74.8 cm³/mol. The van der Waals surface area contributed by atoms with Crippen molar-refractivity contribution in [2.24, 2.45) is 5.41 Å². The number of nitrogens with zero attached hydrogens (tertiary/aromatic N) is 1. The van der Waals surface area contributed by atoms with Crippen molar-refractivity contribution in [1.29, 1.82) is 0 Å². The number of hydrogen-bond donors (Lipinski definition) is 0. The Kier molecular flexibility index (Phi) is 5.75. The van der Waals surface area contributed by atoms with E-state index in [9.17, 15) is 0 Å².